The fourth-order valence-corrected chi connectivity index (χ4v) is 5.91. The van der Waals surface area contributed by atoms with Gasteiger partial charge in [-0.2, -0.15) is 0 Å². The molecule has 1 fully saturated rings. The van der Waals surface area contributed by atoms with Crippen LogP contribution >= 0.6 is 11.8 Å². The summed E-state index contributed by atoms with van der Waals surface area (Å²) in [6, 6.07) is 7.82. The molecule has 0 spiro atoms. The van der Waals surface area contributed by atoms with Gasteiger partial charge in [-0.3, -0.25) is 9.36 Å². The molecular formula is C18H24N4O3S2. The van der Waals surface area contributed by atoms with Crippen LogP contribution in [-0.4, -0.2) is 63.8 Å². The molecule has 1 atom stereocenters. The van der Waals surface area contributed by atoms with Crippen molar-refractivity contribution in [3.63, 3.8) is 0 Å². The number of aromatic nitrogens is 3. The van der Waals surface area contributed by atoms with Gasteiger partial charge in [0.25, 0.3) is 0 Å². The number of rotatable bonds is 6. The first-order chi connectivity index (χ1) is 12.8. The van der Waals surface area contributed by atoms with Crippen molar-refractivity contribution in [2.24, 2.45) is 0 Å². The molecule has 146 valence electrons. The van der Waals surface area contributed by atoms with Crippen molar-refractivity contribution < 1.29 is 13.2 Å². The predicted molar refractivity (Wildman–Crippen MR) is 106 cm³/mol. The summed E-state index contributed by atoms with van der Waals surface area (Å²) in [5.41, 5.74) is 2.12. The second-order valence-corrected chi connectivity index (χ2v) is 9.90. The van der Waals surface area contributed by atoms with Gasteiger partial charge in [-0.1, -0.05) is 29.5 Å². The van der Waals surface area contributed by atoms with Crippen molar-refractivity contribution in [3.8, 4) is 5.69 Å². The first-order valence-corrected chi connectivity index (χ1v) is 11.7. The van der Waals surface area contributed by atoms with Gasteiger partial charge in [0.15, 0.2) is 15.0 Å². The molecule has 2 heterocycles. The Bertz CT molecular complexity index is 923. The molecule has 1 unspecified atom stereocenters. The van der Waals surface area contributed by atoms with Gasteiger partial charge in [-0.15, -0.1) is 10.2 Å². The van der Waals surface area contributed by atoms with Crippen LogP contribution in [0.1, 0.15) is 24.7 Å². The monoisotopic (exact) mass is 408 g/mol. The van der Waals surface area contributed by atoms with E-state index in [1.54, 1.807) is 4.90 Å². The minimum Gasteiger partial charge on any atom is -0.338 e. The Kier molecular flexibility index (Phi) is 5.90. The van der Waals surface area contributed by atoms with E-state index < -0.39 is 9.84 Å². The van der Waals surface area contributed by atoms with E-state index >= 15 is 0 Å². The molecule has 1 aliphatic heterocycles. The number of aryl methyl sites for hydroxylation is 2. The maximum atomic E-state index is 12.7. The number of amides is 1. The second kappa shape index (κ2) is 8.02. The van der Waals surface area contributed by atoms with Crippen LogP contribution in [0.4, 0.5) is 0 Å². The highest BCUT2D eigenvalue weighted by atomic mass is 32.2. The molecule has 0 bridgehead atoms. The Balaban J connectivity index is 1.71. The molecule has 0 aliphatic carbocycles. The molecule has 1 aromatic carbocycles. The van der Waals surface area contributed by atoms with E-state index in [0.29, 0.717) is 18.1 Å². The van der Waals surface area contributed by atoms with E-state index in [4.69, 9.17) is 0 Å². The lowest BCUT2D eigenvalue weighted by atomic mass is 10.2. The second-order valence-electron chi connectivity index (χ2n) is 6.73. The smallest absolute Gasteiger partial charge is 0.233 e. The summed E-state index contributed by atoms with van der Waals surface area (Å²) in [5.74, 6) is 1.11. The van der Waals surface area contributed by atoms with Crippen LogP contribution in [0.3, 0.4) is 0 Å². The molecule has 0 radical (unpaired) electrons. The lowest BCUT2D eigenvalue weighted by Gasteiger charge is -2.26. The molecule has 0 N–H and O–H groups in total. The topological polar surface area (TPSA) is 85.2 Å². The molecule has 3 rings (SSSR count). The Morgan fingerprint density at radius 3 is 2.56 bits per heavy atom. The Labute approximate surface area is 164 Å². The van der Waals surface area contributed by atoms with E-state index in [0.717, 1.165) is 11.5 Å². The molecule has 1 aromatic heterocycles. The number of carbonyl (C=O) groups is 1. The number of hydrogen-bond donors (Lipinski definition) is 0. The quantitative estimate of drug-likeness (QED) is 0.680. The SMILES string of the molecule is CCN(C(=O)CSc1nnc(C)n1-c1ccc(C)cc1)C1CCS(=O)(=O)C1. The van der Waals surface area contributed by atoms with Crippen LogP contribution in [0.2, 0.25) is 0 Å². The van der Waals surface area contributed by atoms with E-state index in [-0.39, 0.29) is 29.2 Å². The Hall–Kier alpha value is -1.87. The van der Waals surface area contributed by atoms with Crippen LogP contribution in [0, 0.1) is 13.8 Å². The Morgan fingerprint density at radius 1 is 1.26 bits per heavy atom. The minimum absolute atomic E-state index is 0.0654. The molecule has 27 heavy (non-hydrogen) atoms. The predicted octanol–water partition coefficient (Wildman–Crippen LogP) is 2.01. The molecule has 0 saturated carbocycles. The van der Waals surface area contributed by atoms with Gasteiger partial charge in [0.2, 0.25) is 5.91 Å². The lowest BCUT2D eigenvalue weighted by Crippen LogP contribution is -2.42. The zero-order valence-corrected chi connectivity index (χ0v) is 17.4. The third-order valence-electron chi connectivity index (χ3n) is 4.72. The summed E-state index contributed by atoms with van der Waals surface area (Å²) in [5, 5.41) is 9.00. The number of hydrogen-bond acceptors (Lipinski definition) is 6. The van der Waals surface area contributed by atoms with Crippen LogP contribution in [0.15, 0.2) is 29.4 Å². The van der Waals surface area contributed by atoms with Crippen LogP contribution in [0.25, 0.3) is 5.69 Å². The number of thioether (sulfide) groups is 1. The number of carbonyl (C=O) groups excluding carboxylic acids is 1. The maximum Gasteiger partial charge on any atom is 0.233 e. The average molecular weight is 409 g/mol. The number of nitrogens with zero attached hydrogens (tertiary/aromatic N) is 4. The van der Waals surface area contributed by atoms with E-state index in [2.05, 4.69) is 10.2 Å². The standard InChI is InChI=1S/C18H24N4O3S2/c1-4-21(16-9-10-27(24,25)12-16)17(23)11-26-18-20-19-14(3)22(18)15-7-5-13(2)6-8-15/h5-8,16H,4,9-12H2,1-3H3. The van der Waals surface area contributed by atoms with Gasteiger partial charge in [0.05, 0.1) is 17.3 Å². The zero-order chi connectivity index (χ0) is 19.6. The highest BCUT2D eigenvalue weighted by molar-refractivity contribution is 7.99. The van der Waals surface area contributed by atoms with E-state index in [1.165, 1.54) is 17.3 Å². The first-order valence-electron chi connectivity index (χ1n) is 8.92. The zero-order valence-electron chi connectivity index (χ0n) is 15.8. The third kappa shape index (κ3) is 4.52. The van der Waals surface area contributed by atoms with Crippen molar-refractivity contribution in [1.82, 2.24) is 19.7 Å². The number of benzene rings is 1. The average Bonchev–Trinajstić information content (AvgIpc) is 3.17. The molecule has 9 heteroatoms. The van der Waals surface area contributed by atoms with Crippen LogP contribution in [-0.2, 0) is 14.6 Å². The fourth-order valence-electron chi connectivity index (χ4n) is 3.30. The highest BCUT2D eigenvalue weighted by Crippen LogP contribution is 2.24. The van der Waals surface area contributed by atoms with Crippen molar-refractivity contribution in [1.29, 1.82) is 0 Å². The minimum atomic E-state index is -3.02. The maximum absolute atomic E-state index is 12.7. The largest absolute Gasteiger partial charge is 0.338 e. The van der Waals surface area contributed by atoms with Crippen molar-refractivity contribution >= 4 is 27.5 Å². The van der Waals surface area contributed by atoms with Gasteiger partial charge >= 0.3 is 0 Å². The summed E-state index contributed by atoms with van der Waals surface area (Å²) in [6.07, 6.45) is 0.519. The first kappa shape index (κ1) is 19.9. The third-order valence-corrected chi connectivity index (χ3v) is 7.39. The van der Waals surface area contributed by atoms with Crippen molar-refractivity contribution in [2.45, 2.75) is 38.4 Å². The molecule has 1 saturated heterocycles. The number of sulfone groups is 1. The van der Waals surface area contributed by atoms with Gasteiger partial charge in [-0.25, -0.2) is 8.42 Å². The van der Waals surface area contributed by atoms with Crippen molar-refractivity contribution in [3.05, 3.63) is 35.7 Å². The summed E-state index contributed by atoms with van der Waals surface area (Å²) in [7, 11) is -3.02. The fraction of sp³-hybridized carbons (Fsp3) is 0.500. The highest BCUT2D eigenvalue weighted by Gasteiger charge is 2.33. The molecule has 7 nitrogen and oxygen atoms in total. The normalized spacial score (nSPS) is 18.6. The molecule has 2 aromatic rings. The van der Waals surface area contributed by atoms with Crippen molar-refractivity contribution in [2.75, 3.05) is 23.8 Å². The summed E-state index contributed by atoms with van der Waals surface area (Å²) >= 11 is 1.33. The van der Waals surface area contributed by atoms with E-state index in [9.17, 15) is 13.2 Å². The van der Waals surface area contributed by atoms with Gasteiger partial charge in [0.1, 0.15) is 5.82 Å². The van der Waals surface area contributed by atoms with Gasteiger partial charge in [0, 0.05) is 18.3 Å². The van der Waals surface area contributed by atoms with Gasteiger partial charge < -0.3 is 4.90 Å². The molecule has 1 amide bonds. The Morgan fingerprint density at radius 2 is 1.96 bits per heavy atom. The van der Waals surface area contributed by atoms with Crippen LogP contribution in [0.5, 0.6) is 0 Å². The molecule has 1 aliphatic rings. The van der Waals surface area contributed by atoms with E-state index in [1.807, 2.05) is 49.6 Å². The molecular weight excluding hydrogens is 384 g/mol. The summed E-state index contributed by atoms with van der Waals surface area (Å²) in [6.45, 7) is 6.29. The summed E-state index contributed by atoms with van der Waals surface area (Å²) < 4.78 is 25.4. The summed E-state index contributed by atoms with van der Waals surface area (Å²) in [4.78, 5) is 14.4. The van der Waals surface area contributed by atoms with Crippen LogP contribution < -0.4 is 0 Å². The van der Waals surface area contributed by atoms with Gasteiger partial charge in [-0.05, 0) is 39.3 Å². The lowest BCUT2D eigenvalue weighted by molar-refractivity contribution is -0.129.